The zero-order valence-corrected chi connectivity index (χ0v) is 19.0. The van der Waals surface area contributed by atoms with Gasteiger partial charge in [0, 0.05) is 31.6 Å². The highest BCUT2D eigenvalue weighted by Gasteiger charge is 2.18. The van der Waals surface area contributed by atoms with Crippen molar-refractivity contribution in [3.63, 3.8) is 0 Å². The molecule has 9 heteroatoms. The third kappa shape index (κ3) is 4.30. The molecule has 2 aromatic carbocycles. The van der Waals surface area contributed by atoms with Crippen molar-refractivity contribution in [1.82, 2.24) is 19.3 Å². The van der Waals surface area contributed by atoms with E-state index in [9.17, 15) is 9.59 Å². The van der Waals surface area contributed by atoms with Crippen molar-refractivity contribution in [3.05, 3.63) is 70.3 Å². The maximum absolute atomic E-state index is 13.0. The monoisotopic (exact) mass is 447 g/mol. The fourth-order valence-electron chi connectivity index (χ4n) is 3.69. The number of para-hydroxylation sites is 1. The number of ether oxygens (including phenoxy) is 2. The van der Waals surface area contributed by atoms with E-state index < -0.39 is 0 Å². The summed E-state index contributed by atoms with van der Waals surface area (Å²) in [5.41, 5.74) is 3.45. The second-order valence-electron chi connectivity index (χ2n) is 7.55. The van der Waals surface area contributed by atoms with Gasteiger partial charge < -0.3 is 14.8 Å². The molecule has 1 amide bonds. The van der Waals surface area contributed by atoms with Crippen LogP contribution in [0.1, 0.15) is 17.8 Å². The number of aromatic nitrogens is 4. The molecule has 0 unspecified atom stereocenters. The number of carbonyl (C=O) groups excluding carboxylic acids is 1. The molecule has 4 aromatic rings. The summed E-state index contributed by atoms with van der Waals surface area (Å²) in [4.78, 5) is 30.1. The molecule has 0 aliphatic rings. The number of hydrogen-bond donors (Lipinski definition) is 1. The minimum atomic E-state index is -0.251. The molecule has 0 fully saturated rings. The van der Waals surface area contributed by atoms with Gasteiger partial charge in [0.05, 0.1) is 25.6 Å². The molecule has 2 aromatic heterocycles. The Morgan fingerprint density at radius 3 is 2.48 bits per heavy atom. The van der Waals surface area contributed by atoms with Crippen molar-refractivity contribution >= 4 is 22.8 Å². The lowest BCUT2D eigenvalue weighted by Crippen LogP contribution is -2.25. The lowest BCUT2D eigenvalue weighted by Gasteiger charge is -2.11. The second-order valence-corrected chi connectivity index (χ2v) is 7.55. The van der Waals surface area contributed by atoms with E-state index >= 15 is 0 Å². The van der Waals surface area contributed by atoms with Crippen LogP contribution in [0.25, 0.3) is 16.9 Å². The van der Waals surface area contributed by atoms with Gasteiger partial charge in [0.1, 0.15) is 11.2 Å². The smallest absolute Gasteiger partial charge is 0.273 e. The van der Waals surface area contributed by atoms with Gasteiger partial charge >= 0.3 is 0 Å². The first-order valence-corrected chi connectivity index (χ1v) is 10.5. The first-order chi connectivity index (χ1) is 15.9. The van der Waals surface area contributed by atoms with E-state index in [1.54, 1.807) is 37.0 Å². The number of nitrogens with zero attached hydrogens (tertiary/aromatic N) is 4. The van der Waals surface area contributed by atoms with E-state index in [1.165, 1.54) is 11.7 Å². The lowest BCUT2D eigenvalue weighted by atomic mass is 10.2. The highest BCUT2D eigenvalue weighted by molar-refractivity contribution is 5.91. The van der Waals surface area contributed by atoms with E-state index in [2.05, 4.69) is 15.4 Å². The van der Waals surface area contributed by atoms with Crippen LogP contribution in [-0.2, 0) is 18.3 Å². The van der Waals surface area contributed by atoms with Crippen LogP contribution in [0.15, 0.2) is 53.3 Å². The molecule has 0 atom stereocenters. The van der Waals surface area contributed by atoms with Crippen LogP contribution in [0.2, 0.25) is 0 Å². The molecular formula is C24H25N5O4. The number of anilines is 1. The molecule has 2 heterocycles. The summed E-state index contributed by atoms with van der Waals surface area (Å²) in [5.74, 6) is 0.855. The van der Waals surface area contributed by atoms with Crippen molar-refractivity contribution in [2.75, 3.05) is 19.5 Å². The van der Waals surface area contributed by atoms with Gasteiger partial charge in [-0.2, -0.15) is 5.10 Å². The standard InChI is InChI=1S/C24H25N5O4/c1-15-22-23(29(27-15)17-8-6-5-7-9-17)28(2)24(31)18(26-22)11-13-21(30)25-16-10-12-19(32-3)20(14-16)33-4/h5-10,12,14H,11,13H2,1-4H3,(H,25,30). The third-order valence-electron chi connectivity index (χ3n) is 5.38. The van der Waals surface area contributed by atoms with Crippen LogP contribution in [0, 0.1) is 6.92 Å². The largest absolute Gasteiger partial charge is 0.493 e. The molecule has 9 nitrogen and oxygen atoms in total. The van der Waals surface area contributed by atoms with E-state index in [4.69, 9.17) is 9.47 Å². The average Bonchev–Trinajstić information content (AvgIpc) is 3.17. The summed E-state index contributed by atoms with van der Waals surface area (Å²) in [6.07, 6.45) is 0.311. The van der Waals surface area contributed by atoms with Crippen molar-refractivity contribution in [2.45, 2.75) is 19.8 Å². The van der Waals surface area contributed by atoms with Gasteiger partial charge in [0.25, 0.3) is 5.56 Å². The van der Waals surface area contributed by atoms with Crippen LogP contribution in [0.4, 0.5) is 5.69 Å². The summed E-state index contributed by atoms with van der Waals surface area (Å²) in [7, 11) is 4.77. The number of methoxy groups -OCH3 is 2. The summed E-state index contributed by atoms with van der Waals surface area (Å²) in [6.45, 7) is 1.85. The number of benzene rings is 2. The maximum Gasteiger partial charge on any atom is 0.273 e. The lowest BCUT2D eigenvalue weighted by molar-refractivity contribution is -0.116. The fraction of sp³-hybridized carbons (Fsp3) is 0.250. The number of aryl methyl sites for hydroxylation is 3. The fourth-order valence-corrected chi connectivity index (χ4v) is 3.69. The van der Waals surface area contributed by atoms with Crippen molar-refractivity contribution in [1.29, 1.82) is 0 Å². The van der Waals surface area contributed by atoms with Crippen LogP contribution in [-0.4, -0.2) is 39.5 Å². The zero-order valence-electron chi connectivity index (χ0n) is 19.0. The Kier molecular flexibility index (Phi) is 6.12. The molecule has 0 aliphatic carbocycles. The molecule has 1 N–H and O–H groups in total. The first kappa shape index (κ1) is 22.1. The number of fused-ring (bicyclic) bond motifs is 1. The Balaban J connectivity index is 1.56. The summed E-state index contributed by atoms with van der Waals surface area (Å²) in [6, 6.07) is 14.7. The molecule has 0 aliphatic heterocycles. The third-order valence-corrected chi connectivity index (χ3v) is 5.38. The Bertz CT molecular complexity index is 1380. The molecule has 0 spiro atoms. The van der Waals surface area contributed by atoms with E-state index in [0.29, 0.717) is 39.7 Å². The molecule has 0 saturated carbocycles. The molecule has 33 heavy (non-hydrogen) atoms. The van der Waals surface area contributed by atoms with Gasteiger partial charge in [-0.3, -0.25) is 14.2 Å². The Morgan fingerprint density at radius 2 is 1.79 bits per heavy atom. The Hall–Kier alpha value is -4.14. The maximum atomic E-state index is 13.0. The zero-order chi connectivity index (χ0) is 23.5. The van der Waals surface area contributed by atoms with Gasteiger partial charge in [-0.15, -0.1) is 0 Å². The van der Waals surface area contributed by atoms with E-state index in [1.807, 2.05) is 37.3 Å². The number of hydrogen-bond acceptors (Lipinski definition) is 6. The van der Waals surface area contributed by atoms with Crippen LogP contribution >= 0.6 is 0 Å². The predicted molar refractivity (Wildman–Crippen MR) is 125 cm³/mol. The highest BCUT2D eigenvalue weighted by atomic mass is 16.5. The Morgan fingerprint density at radius 1 is 1.06 bits per heavy atom. The number of amides is 1. The summed E-state index contributed by atoms with van der Waals surface area (Å²) in [5, 5.41) is 7.40. The number of rotatable bonds is 7. The van der Waals surface area contributed by atoms with Gasteiger partial charge in [0.2, 0.25) is 5.91 Å². The minimum Gasteiger partial charge on any atom is -0.493 e. The van der Waals surface area contributed by atoms with Gasteiger partial charge in [-0.25, -0.2) is 9.67 Å². The molecule has 0 radical (unpaired) electrons. The van der Waals surface area contributed by atoms with Crippen molar-refractivity contribution in [2.24, 2.45) is 7.05 Å². The number of carbonyl (C=O) groups is 1. The van der Waals surface area contributed by atoms with Crippen LogP contribution in [0.3, 0.4) is 0 Å². The van der Waals surface area contributed by atoms with Crippen LogP contribution < -0.4 is 20.3 Å². The molecule has 0 saturated heterocycles. The predicted octanol–water partition coefficient (Wildman–Crippen LogP) is 3.02. The quantitative estimate of drug-likeness (QED) is 0.467. The number of nitrogens with one attached hydrogen (secondary N) is 1. The molecular weight excluding hydrogens is 422 g/mol. The van der Waals surface area contributed by atoms with E-state index in [0.717, 1.165) is 5.69 Å². The van der Waals surface area contributed by atoms with Gasteiger partial charge in [-0.1, -0.05) is 18.2 Å². The normalized spacial score (nSPS) is 10.9. The van der Waals surface area contributed by atoms with Crippen LogP contribution in [0.5, 0.6) is 11.5 Å². The molecule has 4 rings (SSSR count). The SMILES string of the molecule is COc1ccc(NC(=O)CCc2nc3c(C)nn(-c4ccccc4)c3n(C)c2=O)cc1OC. The van der Waals surface area contributed by atoms with Gasteiger partial charge in [-0.05, 0) is 31.2 Å². The van der Waals surface area contributed by atoms with E-state index in [-0.39, 0.29) is 24.3 Å². The minimum absolute atomic E-state index is 0.105. The summed E-state index contributed by atoms with van der Waals surface area (Å²) < 4.78 is 13.7. The first-order valence-electron chi connectivity index (χ1n) is 10.5. The summed E-state index contributed by atoms with van der Waals surface area (Å²) >= 11 is 0. The van der Waals surface area contributed by atoms with Gasteiger partial charge in [0.15, 0.2) is 17.1 Å². The topological polar surface area (TPSA) is 100 Å². The average molecular weight is 447 g/mol. The van der Waals surface area contributed by atoms with Crippen molar-refractivity contribution in [3.8, 4) is 17.2 Å². The molecule has 170 valence electrons. The van der Waals surface area contributed by atoms with Crippen molar-refractivity contribution < 1.29 is 14.3 Å². The Labute approximate surface area is 190 Å². The molecule has 0 bridgehead atoms. The highest BCUT2D eigenvalue weighted by Crippen LogP contribution is 2.29. The second kappa shape index (κ2) is 9.15.